The molecule has 0 spiro atoms. The normalized spacial score (nSPS) is 22.1. The first-order valence-electron chi connectivity index (χ1n) is 7.34. The molecule has 0 radical (unpaired) electrons. The predicted octanol–water partition coefficient (Wildman–Crippen LogP) is 2.62. The van der Waals surface area contributed by atoms with E-state index in [1.807, 2.05) is 44.2 Å². The molecule has 1 saturated heterocycles. The van der Waals surface area contributed by atoms with Crippen molar-refractivity contribution in [3.8, 4) is 0 Å². The maximum absolute atomic E-state index is 12.6. The smallest absolute Gasteiger partial charge is 0.331 e. The molecule has 1 aromatic rings. The SMILES string of the molecule is CC1(C)C(N2CCCCC2)=NC(c2ccccc2)=[N+]1[O-]. The number of rotatable bonds is 1. The summed E-state index contributed by atoms with van der Waals surface area (Å²) in [5.74, 6) is 1.46. The van der Waals surface area contributed by atoms with Gasteiger partial charge in [0.2, 0.25) is 0 Å². The van der Waals surface area contributed by atoms with Crippen LogP contribution in [0.1, 0.15) is 38.7 Å². The lowest BCUT2D eigenvalue weighted by Gasteiger charge is -2.32. The van der Waals surface area contributed by atoms with Crippen LogP contribution in [0.4, 0.5) is 0 Å². The molecule has 0 atom stereocenters. The Bertz CT molecular complexity index is 554. The van der Waals surface area contributed by atoms with Crippen LogP contribution in [0.2, 0.25) is 0 Å². The van der Waals surface area contributed by atoms with Gasteiger partial charge in [0.1, 0.15) is 0 Å². The highest BCUT2D eigenvalue weighted by atomic mass is 16.5. The Morgan fingerprint density at radius 3 is 2.40 bits per heavy atom. The zero-order valence-electron chi connectivity index (χ0n) is 12.2. The molecule has 2 aliphatic heterocycles. The molecule has 0 saturated carbocycles. The zero-order chi connectivity index (χ0) is 14.2. The summed E-state index contributed by atoms with van der Waals surface area (Å²) in [6.07, 6.45) is 3.66. The number of hydroxylamine groups is 1. The summed E-state index contributed by atoms with van der Waals surface area (Å²) in [5, 5.41) is 12.6. The first-order chi connectivity index (χ1) is 9.60. The highest BCUT2D eigenvalue weighted by molar-refractivity contribution is 6.09. The van der Waals surface area contributed by atoms with Gasteiger partial charge in [-0.15, -0.1) is 0 Å². The Morgan fingerprint density at radius 1 is 1.10 bits per heavy atom. The molecular formula is C16H21N3O. The van der Waals surface area contributed by atoms with E-state index in [0.29, 0.717) is 5.84 Å². The maximum Gasteiger partial charge on any atom is 0.331 e. The quantitative estimate of drug-likeness (QED) is 0.582. The third-order valence-corrected chi connectivity index (χ3v) is 4.15. The van der Waals surface area contributed by atoms with E-state index in [0.717, 1.165) is 29.2 Å². The van der Waals surface area contributed by atoms with Crippen LogP contribution in [0, 0.1) is 5.21 Å². The Balaban J connectivity index is 1.98. The minimum absolute atomic E-state index is 0.538. The fourth-order valence-corrected chi connectivity index (χ4v) is 2.97. The monoisotopic (exact) mass is 271 g/mol. The van der Waals surface area contributed by atoms with Gasteiger partial charge in [0.15, 0.2) is 5.54 Å². The van der Waals surface area contributed by atoms with Crippen LogP contribution in [-0.4, -0.2) is 39.9 Å². The first kappa shape index (κ1) is 13.2. The summed E-state index contributed by atoms with van der Waals surface area (Å²) >= 11 is 0. The predicted molar refractivity (Wildman–Crippen MR) is 81.1 cm³/mol. The maximum atomic E-state index is 12.6. The lowest BCUT2D eigenvalue weighted by molar-refractivity contribution is -0.514. The second-order valence-electron chi connectivity index (χ2n) is 6.03. The second-order valence-corrected chi connectivity index (χ2v) is 6.03. The van der Waals surface area contributed by atoms with Crippen molar-refractivity contribution < 1.29 is 4.74 Å². The van der Waals surface area contributed by atoms with Crippen molar-refractivity contribution in [3.63, 3.8) is 0 Å². The molecule has 4 heteroatoms. The van der Waals surface area contributed by atoms with Gasteiger partial charge in [-0.25, -0.2) is 4.74 Å². The van der Waals surface area contributed by atoms with Gasteiger partial charge in [0.05, 0.1) is 5.56 Å². The number of aliphatic imine (C=N–C) groups is 1. The molecule has 0 N–H and O–H groups in total. The molecular weight excluding hydrogens is 250 g/mol. The number of piperidine rings is 1. The van der Waals surface area contributed by atoms with E-state index >= 15 is 0 Å². The third-order valence-electron chi connectivity index (χ3n) is 4.15. The highest BCUT2D eigenvalue weighted by Gasteiger charge is 2.45. The summed E-state index contributed by atoms with van der Waals surface area (Å²) in [4.78, 5) is 6.97. The molecule has 0 aromatic heterocycles. The molecule has 0 unspecified atom stereocenters. The molecule has 1 fully saturated rings. The standard InChI is InChI=1S/C16H21N3O/c1-16(2)15(18-11-7-4-8-12-18)17-14(19(16)20)13-9-5-3-6-10-13/h3,5-6,9-10H,4,7-8,11-12H2,1-2H3. The van der Waals surface area contributed by atoms with Gasteiger partial charge in [-0.05, 0) is 50.2 Å². The van der Waals surface area contributed by atoms with Crippen molar-refractivity contribution in [1.29, 1.82) is 0 Å². The van der Waals surface area contributed by atoms with Crippen molar-refractivity contribution in [1.82, 2.24) is 4.90 Å². The van der Waals surface area contributed by atoms with Crippen LogP contribution < -0.4 is 0 Å². The Labute approximate surface area is 120 Å². The van der Waals surface area contributed by atoms with Crippen LogP contribution in [0.25, 0.3) is 0 Å². The van der Waals surface area contributed by atoms with Gasteiger partial charge in [-0.3, -0.25) is 0 Å². The van der Waals surface area contributed by atoms with E-state index < -0.39 is 5.54 Å². The minimum Gasteiger partial charge on any atom is -0.714 e. The van der Waals surface area contributed by atoms with Gasteiger partial charge in [0, 0.05) is 13.1 Å². The molecule has 4 nitrogen and oxygen atoms in total. The van der Waals surface area contributed by atoms with E-state index in [1.165, 1.54) is 19.3 Å². The summed E-state index contributed by atoms with van der Waals surface area (Å²) in [6, 6.07) is 9.72. The van der Waals surface area contributed by atoms with E-state index in [-0.39, 0.29) is 0 Å². The molecule has 0 amide bonds. The van der Waals surface area contributed by atoms with Crippen LogP contribution >= 0.6 is 0 Å². The molecule has 2 heterocycles. The third kappa shape index (κ3) is 2.09. The van der Waals surface area contributed by atoms with Gasteiger partial charge in [-0.1, -0.05) is 18.2 Å². The number of amidine groups is 2. The van der Waals surface area contributed by atoms with Crippen molar-refractivity contribution in [2.24, 2.45) is 4.99 Å². The Kier molecular flexibility index (Phi) is 3.24. The highest BCUT2D eigenvalue weighted by Crippen LogP contribution is 2.25. The summed E-state index contributed by atoms with van der Waals surface area (Å²) < 4.78 is 1.06. The first-order valence-corrected chi connectivity index (χ1v) is 7.34. The van der Waals surface area contributed by atoms with Crippen molar-refractivity contribution >= 4 is 11.7 Å². The van der Waals surface area contributed by atoms with Crippen molar-refractivity contribution in [2.45, 2.75) is 38.6 Å². The average Bonchev–Trinajstić information content (AvgIpc) is 2.72. The fourth-order valence-electron chi connectivity index (χ4n) is 2.97. The van der Waals surface area contributed by atoms with Gasteiger partial charge >= 0.3 is 5.84 Å². The number of nitrogens with zero attached hydrogens (tertiary/aromatic N) is 3. The molecule has 106 valence electrons. The second kappa shape index (κ2) is 4.93. The van der Waals surface area contributed by atoms with Crippen molar-refractivity contribution in [2.75, 3.05) is 13.1 Å². The van der Waals surface area contributed by atoms with Crippen LogP contribution in [0.3, 0.4) is 0 Å². The molecule has 1 aromatic carbocycles. The Morgan fingerprint density at radius 2 is 1.75 bits per heavy atom. The lowest BCUT2D eigenvalue weighted by atomic mass is 10.0. The summed E-state index contributed by atoms with van der Waals surface area (Å²) in [6.45, 7) is 5.95. The van der Waals surface area contributed by atoms with E-state index in [9.17, 15) is 5.21 Å². The number of hydrogen-bond donors (Lipinski definition) is 0. The molecule has 0 bridgehead atoms. The summed E-state index contributed by atoms with van der Waals surface area (Å²) in [7, 11) is 0. The lowest BCUT2D eigenvalue weighted by Crippen LogP contribution is -2.49. The van der Waals surface area contributed by atoms with Gasteiger partial charge < -0.3 is 10.1 Å². The number of likely N-dealkylation sites (tertiary alicyclic amines) is 1. The topological polar surface area (TPSA) is 41.7 Å². The molecule has 0 aliphatic carbocycles. The average molecular weight is 271 g/mol. The van der Waals surface area contributed by atoms with Crippen LogP contribution in [-0.2, 0) is 0 Å². The van der Waals surface area contributed by atoms with E-state index in [2.05, 4.69) is 9.89 Å². The van der Waals surface area contributed by atoms with Gasteiger partial charge in [0.25, 0.3) is 5.84 Å². The van der Waals surface area contributed by atoms with Crippen molar-refractivity contribution in [3.05, 3.63) is 41.1 Å². The largest absolute Gasteiger partial charge is 0.714 e. The number of hydrogen-bond acceptors (Lipinski definition) is 3. The van der Waals surface area contributed by atoms with Gasteiger partial charge in [-0.2, -0.15) is 0 Å². The molecule has 3 rings (SSSR count). The van der Waals surface area contributed by atoms with E-state index in [1.54, 1.807) is 0 Å². The summed E-state index contributed by atoms with van der Waals surface area (Å²) in [5.41, 5.74) is 0.310. The van der Waals surface area contributed by atoms with Crippen LogP contribution in [0.5, 0.6) is 0 Å². The van der Waals surface area contributed by atoms with Crippen LogP contribution in [0.15, 0.2) is 35.3 Å². The molecule has 20 heavy (non-hydrogen) atoms. The Hall–Kier alpha value is -1.84. The minimum atomic E-state index is -0.581. The molecule has 2 aliphatic rings. The number of benzene rings is 1. The fraction of sp³-hybridized carbons (Fsp3) is 0.500. The van der Waals surface area contributed by atoms with E-state index in [4.69, 9.17) is 0 Å². The zero-order valence-corrected chi connectivity index (χ0v) is 12.2.